The Kier molecular flexibility index (Phi) is 4.55. The van der Waals surface area contributed by atoms with Gasteiger partial charge >= 0.3 is 0 Å². The molecule has 2 aliphatic heterocycles. The standard InChI is InChI=1S/C21H23NO4/c1-25-19-10-5-8-16-17(12-22-14(13-23)6-4-11-20(22)24)15-7-2-3-9-18(15)26-21(16)19/h2-3,5,7-10,14,17,23H,4,6,11-13H2,1H3. The van der Waals surface area contributed by atoms with Crippen LogP contribution in [0.15, 0.2) is 42.5 Å². The van der Waals surface area contributed by atoms with Gasteiger partial charge in [0.1, 0.15) is 5.75 Å². The fourth-order valence-electron chi connectivity index (χ4n) is 4.04. The number of benzene rings is 2. The molecular weight excluding hydrogens is 330 g/mol. The maximum Gasteiger partial charge on any atom is 0.222 e. The molecule has 2 aromatic carbocycles. The van der Waals surface area contributed by atoms with Crippen molar-refractivity contribution in [1.29, 1.82) is 0 Å². The van der Waals surface area contributed by atoms with Crippen molar-refractivity contribution in [3.05, 3.63) is 53.6 Å². The number of piperidine rings is 1. The van der Waals surface area contributed by atoms with Crippen LogP contribution in [0.25, 0.3) is 0 Å². The molecule has 1 saturated heterocycles. The van der Waals surface area contributed by atoms with Gasteiger partial charge in [-0.3, -0.25) is 4.79 Å². The van der Waals surface area contributed by atoms with Crippen molar-refractivity contribution in [3.63, 3.8) is 0 Å². The lowest BCUT2D eigenvalue weighted by Gasteiger charge is -2.39. The minimum Gasteiger partial charge on any atom is -0.493 e. The number of ether oxygens (including phenoxy) is 2. The number of aliphatic hydroxyl groups is 1. The second-order valence-electron chi connectivity index (χ2n) is 6.85. The van der Waals surface area contributed by atoms with Crippen LogP contribution < -0.4 is 9.47 Å². The second-order valence-corrected chi connectivity index (χ2v) is 6.85. The monoisotopic (exact) mass is 353 g/mol. The zero-order valence-electron chi connectivity index (χ0n) is 14.9. The molecule has 136 valence electrons. The number of fused-ring (bicyclic) bond motifs is 2. The number of carbonyl (C=O) groups excluding carboxylic acids is 1. The zero-order valence-corrected chi connectivity index (χ0v) is 14.9. The van der Waals surface area contributed by atoms with Crippen molar-refractivity contribution >= 4 is 5.91 Å². The van der Waals surface area contributed by atoms with Crippen LogP contribution in [0.3, 0.4) is 0 Å². The molecule has 1 amide bonds. The van der Waals surface area contributed by atoms with Gasteiger partial charge in [0.2, 0.25) is 5.91 Å². The number of hydrogen-bond donors (Lipinski definition) is 1. The maximum atomic E-state index is 12.5. The summed E-state index contributed by atoms with van der Waals surface area (Å²) in [4.78, 5) is 14.4. The number of para-hydroxylation sites is 2. The van der Waals surface area contributed by atoms with Crippen molar-refractivity contribution in [3.8, 4) is 17.2 Å². The number of carbonyl (C=O) groups is 1. The molecule has 2 heterocycles. The average Bonchev–Trinajstić information content (AvgIpc) is 2.68. The third kappa shape index (κ3) is 2.82. The number of methoxy groups -OCH3 is 1. The first-order valence-corrected chi connectivity index (χ1v) is 9.07. The lowest BCUT2D eigenvalue weighted by molar-refractivity contribution is -0.137. The third-order valence-electron chi connectivity index (χ3n) is 5.39. The van der Waals surface area contributed by atoms with Crippen molar-refractivity contribution < 1.29 is 19.4 Å². The minimum absolute atomic E-state index is 0.00156. The fraction of sp³-hybridized carbons (Fsp3) is 0.381. The van der Waals surface area contributed by atoms with Gasteiger partial charge in [0.25, 0.3) is 0 Å². The van der Waals surface area contributed by atoms with E-state index in [9.17, 15) is 9.90 Å². The molecular formula is C21H23NO4. The zero-order chi connectivity index (χ0) is 18.1. The number of aliphatic hydroxyl groups excluding tert-OH is 1. The highest BCUT2D eigenvalue weighted by Crippen LogP contribution is 2.48. The first kappa shape index (κ1) is 16.9. The smallest absolute Gasteiger partial charge is 0.222 e. The quantitative estimate of drug-likeness (QED) is 0.916. The second kappa shape index (κ2) is 7.00. The maximum absolute atomic E-state index is 12.5. The fourth-order valence-corrected chi connectivity index (χ4v) is 4.04. The predicted octanol–water partition coefficient (Wildman–Crippen LogP) is 3.31. The molecule has 0 spiro atoms. The molecule has 5 heteroatoms. The van der Waals surface area contributed by atoms with Gasteiger partial charge < -0.3 is 19.5 Å². The summed E-state index contributed by atoms with van der Waals surface area (Å²) in [7, 11) is 1.63. The molecule has 5 nitrogen and oxygen atoms in total. The van der Waals surface area contributed by atoms with Crippen LogP contribution >= 0.6 is 0 Å². The Morgan fingerprint density at radius 2 is 2.00 bits per heavy atom. The van der Waals surface area contributed by atoms with E-state index in [2.05, 4.69) is 0 Å². The molecule has 2 aliphatic rings. The van der Waals surface area contributed by atoms with Crippen molar-refractivity contribution in [2.24, 2.45) is 0 Å². The Labute approximate surface area is 153 Å². The van der Waals surface area contributed by atoms with Gasteiger partial charge in [-0.2, -0.15) is 0 Å². The normalized spacial score (nSPS) is 21.6. The molecule has 2 aromatic rings. The largest absolute Gasteiger partial charge is 0.493 e. The SMILES string of the molecule is COc1cccc2c1Oc1ccccc1C2CN1C(=O)CCCC1CO. The Balaban J connectivity index is 1.77. The van der Waals surface area contributed by atoms with Crippen LogP contribution in [0.4, 0.5) is 0 Å². The summed E-state index contributed by atoms with van der Waals surface area (Å²) < 4.78 is 11.6. The van der Waals surface area contributed by atoms with E-state index in [0.29, 0.717) is 24.5 Å². The van der Waals surface area contributed by atoms with E-state index < -0.39 is 0 Å². The van der Waals surface area contributed by atoms with Crippen LogP contribution in [0.5, 0.6) is 17.2 Å². The highest BCUT2D eigenvalue weighted by atomic mass is 16.5. The Morgan fingerprint density at radius 1 is 1.19 bits per heavy atom. The van der Waals surface area contributed by atoms with E-state index in [-0.39, 0.29) is 24.5 Å². The van der Waals surface area contributed by atoms with Crippen molar-refractivity contribution in [2.45, 2.75) is 31.2 Å². The molecule has 0 radical (unpaired) electrons. The molecule has 26 heavy (non-hydrogen) atoms. The van der Waals surface area contributed by atoms with Gasteiger partial charge in [-0.25, -0.2) is 0 Å². The first-order chi connectivity index (χ1) is 12.7. The Morgan fingerprint density at radius 3 is 2.81 bits per heavy atom. The first-order valence-electron chi connectivity index (χ1n) is 9.07. The number of hydrogen-bond acceptors (Lipinski definition) is 4. The summed E-state index contributed by atoms with van der Waals surface area (Å²) in [5.41, 5.74) is 2.07. The third-order valence-corrected chi connectivity index (χ3v) is 5.39. The van der Waals surface area contributed by atoms with Crippen LogP contribution in [0.1, 0.15) is 36.3 Å². The van der Waals surface area contributed by atoms with E-state index in [0.717, 1.165) is 29.7 Å². The van der Waals surface area contributed by atoms with Crippen LogP contribution in [0, 0.1) is 0 Å². The summed E-state index contributed by atoms with van der Waals surface area (Å²) >= 11 is 0. The minimum atomic E-state index is -0.111. The van der Waals surface area contributed by atoms with Gasteiger partial charge in [0.15, 0.2) is 11.5 Å². The number of rotatable bonds is 4. The van der Waals surface area contributed by atoms with Gasteiger partial charge in [-0.05, 0) is 25.0 Å². The lowest BCUT2D eigenvalue weighted by Crippen LogP contribution is -2.47. The highest BCUT2D eigenvalue weighted by Gasteiger charge is 2.35. The Bertz CT molecular complexity index is 819. The summed E-state index contributed by atoms with van der Waals surface area (Å²) in [5.74, 6) is 2.29. The number of amides is 1. The molecule has 2 unspecified atom stereocenters. The molecule has 2 atom stereocenters. The average molecular weight is 353 g/mol. The number of likely N-dealkylation sites (tertiary alicyclic amines) is 1. The highest BCUT2D eigenvalue weighted by molar-refractivity contribution is 5.77. The Hall–Kier alpha value is -2.53. The molecule has 0 bridgehead atoms. The molecule has 4 rings (SSSR count). The summed E-state index contributed by atoms with van der Waals surface area (Å²) in [6.07, 6.45) is 2.24. The van der Waals surface area contributed by atoms with E-state index in [4.69, 9.17) is 9.47 Å². The van der Waals surface area contributed by atoms with Gasteiger partial charge in [-0.1, -0.05) is 30.3 Å². The van der Waals surface area contributed by atoms with Gasteiger partial charge in [0.05, 0.1) is 19.8 Å². The molecule has 0 saturated carbocycles. The number of nitrogens with zero attached hydrogens (tertiary/aromatic N) is 1. The van der Waals surface area contributed by atoms with E-state index in [1.54, 1.807) is 7.11 Å². The van der Waals surface area contributed by atoms with Gasteiger partial charge in [-0.15, -0.1) is 0 Å². The molecule has 1 N–H and O–H groups in total. The topological polar surface area (TPSA) is 59.0 Å². The van der Waals surface area contributed by atoms with Crippen LogP contribution in [0.2, 0.25) is 0 Å². The van der Waals surface area contributed by atoms with Crippen molar-refractivity contribution in [2.75, 3.05) is 20.3 Å². The molecule has 0 aliphatic carbocycles. The molecule has 1 fully saturated rings. The predicted molar refractivity (Wildman–Crippen MR) is 97.8 cm³/mol. The van der Waals surface area contributed by atoms with Crippen molar-refractivity contribution in [1.82, 2.24) is 4.90 Å². The summed E-state index contributed by atoms with van der Waals surface area (Å²) in [6.45, 7) is 0.534. The summed E-state index contributed by atoms with van der Waals surface area (Å²) in [6, 6.07) is 13.7. The van der Waals surface area contributed by atoms with Crippen LogP contribution in [-0.4, -0.2) is 42.2 Å². The van der Waals surface area contributed by atoms with E-state index in [1.165, 1.54) is 0 Å². The lowest BCUT2D eigenvalue weighted by atomic mass is 9.86. The van der Waals surface area contributed by atoms with Crippen LogP contribution in [-0.2, 0) is 4.79 Å². The van der Waals surface area contributed by atoms with E-state index >= 15 is 0 Å². The summed E-state index contributed by atoms with van der Waals surface area (Å²) in [5, 5.41) is 9.74. The van der Waals surface area contributed by atoms with Gasteiger partial charge in [0, 0.05) is 30.0 Å². The molecule has 0 aromatic heterocycles. The van der Waals surface area contributed by atoms with E-state index in [1.807, 2.05) is 47.4 Å².